The smallest absolute Gasteiger partial charge is 0.240 e. The second-order valence-corrected chi connectivity index (χ2v) is 6.26. The molecular formula is C16H19ClN4O2. The van der Waals surface area contributed by atoms with Crippen LogP contribution in [0.25, 0.3) is 0 Å². The van der Waals surface area contributed by atoms with Crippen molar-refractivity contribution in [2.24, 2.45) is 11.7 Å². The van der Waals surface area contributed by atoms with Crippen molar-refractivity contribution in [2.45, 2.75) is 25.8 Å². The highest BCUT2D eigenvalue weighted by molar-refractivity contribution is 6.31. The Morgan fingerprint density at radius 2 is 2.26 bits per heavy atom. The number of aromatic nitrogens is 2. The molecule has 1 atom stereocenters. The maximum atomic E-state index is 11.3. The Balaban J connectivity index is 1.61. The second kappa shape index (κ2) is 7.10. The molecule has 0 spiro atoms. The fourth-order valence-electron chi connectivity index (χ4n) is 2.86. The van der Waals surface area contributed by atoms with Crippen LogP contribution in [-0.4, -0.2) is 34.0 Å². The largest absolute Gasteiger partial charge is 0.369 e. The lowest BCUT2D eigenvalue weighted by molar-refractivity contribution is -0.123. The quantitative estimate of drug-likeness (QED) is 0.904. The topological polar surface area (TPSA) is 85.3 Å². The van der Waals surface area contributed by atoms with Gasteiger partial charge in [-0.1, -0.05) is 35.0 Å². The van der Waals surface area contributed by atoms with Crippen molar-refractivity contribution >= 4 is 17.5 Å². The van der Waals surface area contributed by atoms with Crippen molar-refractivity contribution in [1.29, 1.82) is 0 Å². The summed E-state index contributed by atoms with van der Waals surface area (Å²) in [4.78, 5) is 17.9. The number of nitrogens with zero attached hydrogens (tertiary/aromatic N) is 3. The minimum absolute atomic E-state index is 0.0886. The maximum Gasteiger partial charge on any atom is 0.240 e. The Morgan fingerprint density at radius 1 is 1.43 bits per heavy atom. The van der Waals surface area contributed by atoms with E-state index in [9.17, 15) is 4.79 Å². The Hall–Kier alpha value is -1.92. The molecule has 7 heteroatoms. The number of halogens is 1. The number of benzene rings is 1. The number of carbonyl (C=O) groups is 1. The molecule has 2 heterocycles. The third-order valence-corrected chi connectivity index (χ3v) is 4.45. The summed E-state index contributed by atoms with van der Waals surface area (Å²) in [6, 6.07) is 7.61. The normalized spacial score (nSPS) is 18.9. The van der Waals surface area contributed by atoms with Crippen LogP contribution in [0.1, 0.15) is 30.1 Å². The van der Waals surface area contributed by atoms with E-state index in [-0.39, 0.29) is 11.8 Å². The molecule has 6 nitrogen and oxygen atoms in total. The minimum atomic E-state index is -0.236. The van der Waals surface area contributed by atoms with Crippen molar-refractivity contribution in [3.05, 3.63) is 46.6 Å². The Morgan fingerprint density at radius 3 is 3.04 bits per heavy atom. The Bertz CT molecular complexity index is 688. The molecule has 2 N–H and O–H groups in total. The lowest BCUT2D eigenvalue weighted by atomic mass is 9.97. The fraction of sp³-hybridized carbons (Fsp3) is 0.438. The predicted octanol–water partition coefficient (Wildman–Crippen LogP) is 2.01. The first kappa shape index (κ1) is 16.0. The average Bonchev–Trinajstić information content (AvgIpc) is 2.97. The van der Waals surface area contributed by atoms with Crippen molar-refractivity contribution in [2.75, 3.05) is 13.1 Å². The molecule has 2 aromatic rings. The number of amides is 1. The van der Waals surface area contributed by atoms with Gasteiger partial charge in [-0.15, -0.1) is 0 Å². The van der Waals surface area contributed by atoms with E-state index in [1.54, 1.807) is 0 Å². The zero-order chi connectivity index (χ0) is 16.2. The first-order chi connectivity index (χ1) is 11.1. The standard InChI is InChI=1S/C16H19ClN4O2/c17-13-6-2-1-4-11(13)8-14-19-15(23-20-14)10-21-7-3-5-12(9-21)16(18)22/h1-2,4,6,12H,3,5,7-10H2,(H2,18,22)/t12-/m1/s1. The summed E-state index contributed by atoms with van der Waals surface area (Å²) < 4.78 is 5.31. The Kier molecular flexibility index (Phi) is 4.93. The molecule has 1 aliphatic rings. The van der Waals surface area contributed by atoms with E-state index in [1.165, 1.54) is 0 Å². The van der Waals surface area contributed by atoms with E-state index < -0.39 is 0 Å². The highest BCUT2D eigenvalue weighted by Crippen LogP contribution is 2.20. The van der Waals surface area contributed by atoms with Crippen LogP contribution in [0, 0.1) is 5.92 Å². The van der Waals surface area contributed by atoms with Crippen LogP contribution in [0.15, 0.2) is 28.8 Å². The molecule has 122 valence electrons. The molecule has 0 saturated carbocycles. The van der Waals surface area contributed by atoms with Crippen LogP contribution in [0.2, 0.25) is 5.02 Å². The van der Waals surface area contributed by atoms with Gasteiger partial charge in [0, 0.05) is 18.0 Å². The highest BCUT2D eigenvalue weighted by Gasteiger charge is 2.25. The molecule has 23 heavy (non-hydrogen) atoms. The zero-order valence-electron chi connectivity index (χ0n) is 12.7. The second-order valence-electron chi connectivity index (χ2n) is 5.85. The van der Waals surface area contributed by atoms with Gasteiger partial charge in [-0.3, -0.25) is 9.69 Å². The van der Waals surface area contributed by atoms with Gasteiger partial charge in [-0.25, -0.2) is 0 Å². The summed E-state index contributed by atoms with van der Waals surface area (Å²) in [5, 5.41) is 4.70. The molecule has 0 bridgehead atoms. The average molecular weight is 335 g/mol. The maximum absolute atomic E-state index is 11.3. The van der Waals surface area contributed by atoms with Crippen LogP contribution < -0.4 is 5.73 Å². The molecule has 1 saturated heterocycles. The van der Waals surface area contributed by atoms with E-state index in [1.807, 2.05) is 24.3 Å². The van der Waals surface area contributed by atoms with Crippen LogP contribution >= 0.6 is 11.6 Å². The van der Waals surface area contributed by atoms with Crippen LogP contribution in [-0.2, 0) is 17.8 Å². The fourth-order valence-corrected chi connectivity index (χ4v) is 3.06. The number of likely N-dealkylation sites (tertiary alicyclic amines) is 1. The third-order valence-electron chi connectivity index (χ3n) is 4.08. The summed E-state index contributed by atoms with van der Waals surface area (Å²) >= 11 is 6.14. The van der Waals surface area contributed by atoms with Crippen LogP contribution in [0.4, 0.5) is 0 Å². The number of piperidine rings is 1. The van der Waals surface area contributed by atoms with Gasteiger partial charge >= 0.3 is 0 Å². The van der Waals surface area contributed by atoms with E-state index >= 15 is 0 Å². The van der Waals surface area contributed by atoms with Crippen molar-refractivity contribution in [1.82, 2.24) is 15.0 Å². The lowest BCUT2D eigenvalue weighted by Gasteiger charge is -2.29. The molecule has 1 aromatic carbocycles. The number of hydrogen-bond donors (Lipinski definition) is 1. The number of primary amides is 1. The molecule has 0 unspecified atom stereocenters. The molecule has 1 aliphatic heterocycles. The summed E-state index contributed by atoms with van der Waals surface area (Å²) in [6.07, 6.45) is 2.34. The lowest BCUT2D eigenvalue weighted by Crippen LogP contribution is -2.40. The summed E-state index contributed by atoms with van der Waals surface area (Å²) in [6.45, 7) is 2.10. The van der Waals surface area contributed by atoms with Gasteiger partial charge in [0.05, 0.1) is 12.5 Å². The monoisotopic (exact) mass is 334 g/mol. The van der Waals surface area contributed by atoms with Gasteiger partial charge in [0.1, 0.15) is 0 Å². The van der Waals surface area contributed by atoms with Gasteiger partial charge in [-0.2, -0.15) is 4.98 Å². The molecule has 1 aromatic heterocycles. The number of nitrogens with two attached hydrogens (primary N) is 1. The van der Waals surface area contributed by atoms with Gasteiger partial charge in [0.2, 0.25) is 11.8 Å². The summed E-state index contributed by atoms with van der Waals surface area (Å²) in [5.41, 5.74) is 6.36. The highest BCUT2D eigenvalue weighted by atomic mass is 35.5. The molecule has 0 radical (unpaired) electrons. The molecular weight excluding hydrogens is 316 g/mol. The SMILES string of the molecule is NC(=O)[C@@H]1CCCN(Cc2nc(Cc3ccccc3Cl)no2)C1. The van der Waals surface area contributed by atoms with E-state index in [0.717, 1.165) is 24.9 Å². The van der Waals surface area contributed by atoms with Crippen LogP contribution in [0.5, 0.6) is 0 Å². The van der Waals surface area contributed by atoms with Gasteiger partial charge in [0.15, 0.2) is 5.82 Å². The molecule has 1 amide bonds. The number of carbonyl (C=O) groups excluding carboxylic acids is 1. The van der Waals surface area contributed by atoms with Gasteiger partial charge in [-0.05, 0) is 31.0 Å². The van der Waals surface area contributed by atoms with Crippen molar-refractivity contribution in [3.63, 3.8) is 0 Å². The number of rotatable bonds is 5. The minimum Gasteiger partial charge on any atom is -0.369 e. The van der Waals surface area contributed by atoms with Gasteiger partial charge in [0.25, 0.3) is 0 Å². The van der Waals surface area contributed by atoms with Crippen molar-refractivity contribution in [3.8, 4) is 0 Å². The van der Waals surface area contributed by atoms with Crippen molar-refractivity contribution < 1.29 is 9.32 Å². The summed E-state index contributed by atoms with van der Waals surface area (Å²) in [5.74, 6) is 0.836. The predicted molar refractivity (Wildman–Crippen MR) is 85.8 cm³/mol. The first-order valence-electron chi connectivity index (χ1n) is 7.68. The number of hydrogen-bond acceptors (Lipinski definition) is 5. The zero-order valence-corrected chi connectivity index (χ0v) is 13.5. The molecule has 0 aliphatic carbocycles. The summed E-state index contributed by atoms with van der Waals surface area (Å²) in [7, 11) is 0. The molecule has 3 rings (SSSR count). The third kappa shape index (κ3) is 4.09. The molecule has 1 fully saturated rings. The van der Waals surface area contributed by atoms with Crippen LogP contribution in [0.3, 0.4) is 0 Å². The van der Waals surface area contributed by atoms with E-state index in [0.29, 0.717) is 36.2 Å². The van der Waals surface area contributed by atoms with E-state index in [2.05, 4.69) is 15.0 Å². The van der Waals surface area contributed by atoms with E-state index in [4.69, 9.17) is 21.9 Å². The first-order valence-corrected chi connectivity index (χ1v) is 8.06. The van der Waals surface area contributed by atoms with Gasteiger partial charge < -0.3 is 10.3 Å². The Labute approximate surface area is 139 Å².